The number of amides is 2. The van der Waals surface area contributed by atoms with Crippen LogP contribution in [0.3, 0.4) is 0 Å². The van der Waals surface area contributed by atoms with E-state index in [9.17, 15) is 19.5 Å². The minimum atomic E-state index is -1.46. The molecule has 0 saturated heterocycles. The predicted octanol–water partition coefficient (Wildman–Crippen LogP) is -0.355. The van der Waals surface area contributed by atoms with Gasteiger partial charge < -0.3 is 34.4 Å². The summed E-state index contributed by atoms with van der Waals surface area (Å²) in [5.41, 5.74) is 0.360. The lowest BCUT2D eigenvalue weighted by Gasteiger charge is -2.11. The fraction of sp³-hybridized carbons (Fsp3) is 0.118. The number of carboxylic acid groups (broad SMARTS) is 1. The number of hydrogen-bond donors (Lipinski definition) is 2. The minimum absolute atomic E-state index is 0.00529. The fourth-order valence-electron chi connectivity index (χ4n) is 2.17. The molecule has 0 aliphatic carbocycles. The molecular weight excluding hydrogens is 344 g/mol. The average molecular weight is 357 g/mol. The molecule has 26 heavy (non-hydrogen) atoms. The smallest absolute Gasteiger partial charge is 0.291 e. The number of benzene rings is 1. The molecule has 2 N–H and O–H groups in total. The molecule has 2 heterocycles. The molecule has 2 amide bonds. The summed E-state index contributed by atoms with van der Waals surface area (Å²) in [5, 5.41) is 15.1. The summed E-state index contributed by atoms with van der Waals surface area (Å²) in [4.78, 5) is 34.9. The lowest BCUT2D eigenvalue weighted by atomic mass is 10.1. The molecule has 3 rings (SSSR count). The number of rotatable bonds is 6. The fourth-order valence-corrected chi connectivity index (χ4v) is 2.17. The van der Waals surface area contributed by atoms with Crippen molar-refractivity contribution in [3.8, 4) is 11.5 Å². The largest absolute Gasteiger partial charge is 0.548 e. The molecule has 0 fully saturated rings. The van der Waals surface area contributed by atoms with Gasteiger partial charge in [-0.05, 0) is 35.9 Å². The first kappa shape index (κ1) is 17.1. The number of fused-ring (bicyclic) bond motifs is 1. The maximum atomic E-state index is 12.2. The SMILES string of the molecule is O=C([O-])CNC(=O)C(=Cc1ccc2c(c1)OCO2)NC(=O)c1ccco1. The molecule has 1 aromatic carbocycles. The Morgan fingerprint density at radius 2 is 1.96 bits per heavy atom. The number of nitrogens with one attached hydrogen (secondary N) is 2. The van der Waals surface area contributed by atoms with Crippen LogP contribution in [0.2, 0.25) is 0 Å². The van der Waals surface area contributed by atoms with Gasteiger partial charge in [0.2, 0.25) is 6.79 Å². The summed E-state index contributed by atoms with van der Waals surface area (Å²) in [7, 11) is 0. The molecule has 0 unspecified atom stereocenters. The molecule has 1 aliphatic heterocycles. The van der Waals surface area contributed by atoms with Crippen molar-refractivity contribution in [2.45, 2.75) is 0 Å². The summed E-state index contributed by atoms with van der Waals surface area (Å²) in [6, 6.07) is 7.87. The number of carboxylic acids is 1. The van der Waals surface area contributed by atoms with E-state index in [1.54, 1.807) is 18.2 Å². The Balaban J connectivity index is 1.85. The molecule has 9 nitrogen and oxygen atoms in total. The standard InChI is InChI=1S/C17H14N2O7/c20-15(21)8-18-16(22)11(19-17(23)13-2-1-5-24-13)6-10-3-4-12-14(7-10)26-9-25-12/h1-7H,8-9H2,(H,18,22)(H,19,23)(H,20,21)/p-1. The third-order valence-electron chi connectivity index (χ3n) is 3.34. The zero-order valence-electron chi connectivity index (χ0n) is 13.3. The van der Waals surface area contributed by atoms with Crippen LogP contribution in [0.25, 0.3) is 6.08 Å². The van der Waals surface area contributed by atoms with E-state index in [2.05, 4.69) is 10.6 Å². The van der Waals surface area contributed by atoms with Crippen molar-refractivity contribution >= 4 is 23.9 Å². The van der Waals surface area contributed by atoms with Gasteiger partial charge in [0.15, 0.2) is 17.3 Å². The van der Waals surface area contributed by atoms with Crippen LogP contribution in [0.5, 0.6) is 11.5 Å². The van der Waals surface area contributed by atoms with E-state index >= 15 is 0 Å². The van der Waals surface area contributed by atoms with Crippen LogP contribution in [0, 0.1) is 0 Å². The Morgan fingerprint density at radius 1 is 1.15 bits per heavy atom. The maximum absolute atomic E-state index is 12.2. The molecule has 0 saturated carbocycles. The summed E-state index contributed by atoms with van der Waals surface area (Å²) in [5.74, 6) is -1.87. The van der Waals surface area contributed by atoms with Crippen LogP contribution in [0.4, 0.5) is 0 Å². The molecule has 0 spiro atoms. The van der Waals surface area contributed by atoms with Crippen molar-refractivity contribution in [3.05, 3.63) is 53.6 Å². The first-order valence-electron chi connectivity index (χ1n) is 7.47. The molecule has 1 aromatic heterocycles. The second kappa shape index (κ2) is 7.43. The summed E-state index contributed by atoms with van der Waals surface area (Å²) >= 11 is 0. The summed E-state index contributed by atoms with van der Waals surface area (Å²) in [6.45, 7) is -0.607. The van der Waals surface area contributed by atoms with E-state index in [0.29, 0.717) is 17.1 Å². The van der Waals surface area contributed by atoms with E-state index in [1.165, 1.54) is 24.5 Å². The van der Waals surface area contributed by atoms with Gasteiger partial charge in [0.05, 0.1) is 18.8 Å². The highest BCUT2D eigenvalue weighted by atomic mass is 16.7. The van der Waals surface area contributed by atoms with Crippen molar-refractivity contribution in [1.82, 2.24) is 10.6 Å². The van der Waals surface area contributed by atoms with Gasteiger partial charge in [0.25, 0.3) is 11.8 Å². The second-order valence-corrected chi connectivity index (χ2v) is 5.16. The molecule has 0 radical (unpaired) electrons. The Morgan fingerprint density at radius 3 is 2.69 bits per heavy atom. The number of ether oxygens (including phenoxy) is 2. The van der Waals surface area contributed by atoms with Crippen LogP contribution in [0.15, 0.2) is 46.7 Å². The van der Waals surface area contributed by atoms with Crippen LogP contribution in [-0.4, -0.2) is 31.1 Å². The lowest BCUT2D eigenvalue weighted by molar-refractivity contribution is -0.303. The zero-order valence-corrected chi connectivity index (χ0v) is 13.3. The number of carbonyl (C=O) groups excluding carboxylic acids is 3. The van der Waals surface area contributed by atoms with Crippen LogP contribution >= 0.6 is 0 Å². The number of furan rings is 1. The Labute approximate surface area is 147 Å². The highest BCUT2D eigenvalue weighted by Gasteiger charge is 2.17. The van der Waals surface area contributed by atoms with Gasteiger partial charge in [0, 0.05) is 0 Å². The van der Waals surface area contributed by atoms with Crippen LogP contribution in [-0.2, 0) is 9.59 Å². The van der Waals surface area contributed by atoms with E-state index in [1.807, 2.05) is 0 Å². The number of aliphatic carboxylic acids is 1. The van der Waals surface area contributed by atoms with Gasteiger partial charge in [-0.15, -0.1) is 0 Å². The van der Waals surface area contributed by atoms with Crippen molar-refractivity contribution < 1.29 is 33.4 Å². The first-order valence-corrected chi connectivity index (χ1v) is 7.47. The second-order valence-electron chi connectivity index (χ2n) is 5.16. The van der Waals surface area contributed by atoms with Gasteiger partial charge in [-0.2, -0.15) is 0 Å². The van der Waals surface area contributed by atoms with Gasteiger partial charge in [-0.1, -0.05) is 6.07 Å². The van der Waals surface area contributed by atoms with Gasteiger partial charge in [-0.25, -0.2) is 0 Å². The van der Waals surface area contributed by atoms with E-state index in [4.69, 9.17) is 13.9 Å². The Bertz CT molecular complexity index is 871. The maximum Gasteiger partial charge on any atom is 0.291 e. The molecule has 9 heteroatoms. The van der Waals surface area contributed by atoms with Crippen LogP contribution in [0.1, 0.15) is 16.1 Å². The van der Waals surface area contributed by atoms with Crippen LogP contribution < -0.4 is 25.2 Å². The van der Waals surface area contributed by atoms with E-state index < -0.39 is 24.3 Å². The van der Waals surface area contributed by atoms with Gasteiger partial charge >= 0.3 is 0 Å². The molecular formula is C17H13N2O7-. The minimum Gasteiger partial charge on any atom is -0.548 e. The molecule has 2 aromatic rings. The third-order valence-corrected chi connectivity index (χ3v) is 3.34. The van der Waals surface area contributed by atoms with Gasteiger partial charge in [0.1, 0.15) is 5.70 Å². The Kier molecular flexibility index (Phi) is 4.88. The van der Waals surface area contributed by atoms with Crippen molar-refractivity contribution in [3.63, 3.8) is 0 Å². The number of hydrogen-bond acceptors (Lipinski definition) is 7. The monoisotopic (exact) mass is 357 g/mol. The quantitative estimate of drug-likeness (QED) is 0.676. The molecule has 0 bridgehead atoms. The zero-order chi connectivity index (χ0) is 18.5. The van der Waals surface area contributed by atoms with Crippen molar-refractivity contribution in [2.75, 3.05) is 13.3 Å². The molecule has 1 aliphatic rings. The van der Waals surface area contributed by atoms with E-state index in [-0.39, 0.29) is 18.3 Å². The van der Waals surface area contributed by atoms with E-state index in [0.717, 1.165) is 0 Å². The number of carbonyl (C=O) groups is 3. The van der Waals surface area contributed by atoms with Crippen molar-refractivity contribution in [1.29, 1.82) is 0 Å². The average Bonchev–Trinajstić information content (AvgIpc) is 3.29. The highest BCUT2D eigenvalue weighted by Crippen LogP contribution is 2.33. The summed E-state index contributed by atoms with van der Waals surface area (Å²) < 4.78 is 15.4. The Hall–Kier alpha value is -3.75. The molecule has 134 valence electrons. The van der Waals surface area contributed by atoms with Gasteiger partial charge in [-0.3, -0.25) is 9.59 Å². The molecule has 0 atom stereocenters. The van der Waals surface area contributed by atoms with Crippen molar-refractivity contribution in [2.24, 2.45) is 0 Å². The highest BCUT2D eigenvalue weighted by molar-refractivity contribution is 6.05. The third kappa shape index (κ3) is 4.01. The predicted molar refractivity (Wildman–Crippen MR) is 84.7 cm³/mol. The first-order chi connectivity index (χ1) is 12.5. The topological polar surface area (TPSA) is 130 Å². The summed E-state index contributed by atoms with van der Waals surface area (Å²) in [6.07, 6.45) is 2.68. The lowest BCUT2D eigenvalue weighted by Crippen LogP contribution is -2.41. The normalized spacial score (nSPS) is 12.5.